The van der Waals surface area contributed by atoms with Crippen molar-refractivity contribution in [1.29, 1.82) is 0 Å². The Kier molecular flexibility index (Phi) is 3.97. The minimum absolute atomic E-state index is 0.449. The summed E-state index contributed by atoms with van der Waals surface area (Å²) in [5.74, 6) is 0. The van der Waals surface area contributed by atoms with Crippen LogP contribution in [0.25, 0.3) is 10.9 Å². The first-order valence-electron chi connectivity index (χ1n) is 8.89. The zero-order valence-corrected chi connectivity index (χ0v) is 14.4. The van der Waals surface area contributed by atoms with Crippen LogP contribution in [0.4, 0.5) is 5.69 Å². The van der Waals surface area contributed by atoms with Gasteiger partial charge in [0.15, 0.2) is 0 Å². The summed E-state index contributed by atoms with van der Waals surface area (Å²) in [6.45, 7) is 6.40. The minimum Gasteiger partial charge on any atom is -0.369 e. The number of aromatic nitrogens is 3. The predicted octanol–water partition coefficient (Wildman–Crippen LogP) is 4.14. The quantitative estimate of drug-likeness (QED) is 0.727. The van der Waals surface area contributed by atoms with Crippen LogP contribution < -0.4 is 4.90 Å². The second-order valence-corrected chi connectivity index (χ2v) is 6.74. The SMILES string of the molecule is CCc1cc(N2CCCC(n3cc(C)cn3)C2)c2ccccc2n1. The van der Waals surface area contributed by atoms with Crippen LogP contribution in [-0.4, -0.2) is 27.9 Å². The van der Waals surface area contributed by atoms with Crippen molar-refractivity contribution >= 4 is 16.6 Å². The summed E-state index contributed by atoms with van der Waals surface area (Å²) in [6, 6.07) is 11.2. The Morgan fingerprint density at radius 3 is 2.92 bits per heavy atom. The number of aryl methyl sites for hydroxylation is 2. The van der Waals surface area contributed by atoms with E-state index in [2.05, 4.69) is 65.1 Å². The zero-order chi connectivity index (χ0) is 16.5. The molecule has 0 amide bonds. The molecule has 0 N–H and O–H groups in total. The molecule has 0 spiro atoms. The van der Waals surface area contributed by atoms with Crippen molar-refractivity contribution in [3.05, 3.63) is 54.0 Å². The van der Waals surface area contributed by atoms with Crippen molar-refractivity contribution in [2.24, 2.45) is 0 Å². The van der Waals surface area contributed by atoms with Crippen molar-refractivity contribution in [1.82, 2.24) is 14.8 Å². The summed E-state index contributed by atoms with van der Waals surface area (Å²) < 4.78 is 2.14. The first-order chi connectivity index (χ1) is 11.7. The van der Waals surface area contributed by atoms with E-state index in [1.807, 2.05) is 6.20 Å². The molecule has 0 bridgehead atoms. The molecule has 4 heteroatoms. The summed E-state index contributed by atoms with van der Waals surface area (Å²) in [5.41, 5.74) is 4.82. The number of benzene rings is 1. The number of rotatable bonds is 3. The average molecular weight is 320 g/mol. The van der Waals surface area contributed by atoms with Gasteiger partial charge < -0.3 is 4.90 Å². The topological polar surface area (TPSA) is 34.0 Å². The molecule has 24 heavy (non-hydrogen) atoms. The fourth-order valence-electron chi connectivity index (χ4n) is 3.68. The van der Waals surface area contributed by atoms with Gasteiger partial charge in [-0.15, -0.1) is 0 Å². The highest BCUT2D eigenvalue weighted by Gasteiger charge is 2.23. The van der Waals surface area contributed by atoms with Crippen LogP contribution >= 0.6 is 0 Å². The van der Waals surface area contributed by atoms with Crippen molar-refractivity contribution in [3.63, 3.8) is 0 Å². The number of para-hydroxylation sites is 1. The summed E-state index contributed by atoms with van der Waals surface area (Å²) in [5, 5.41) is 5.80. The molecule has 3 aromatic rings. The first-order valence-corrected chi connectivity index (χ1v) is 8.89. The molecule has 0 saturated carbocycles. The Morgan fingerprint density at radius 2 is 2.12 bits per heavy atom. The number of fused-ring (bicyclic) bond motifs is 1. The van der Waals surface area contributed by atoms with E-state index in [0.717, 1.165) is 25.0 Å². The van der Waals surface area contributed by atoms with Crippen LogP contribution in [0.1, 0.15) is 37.1 Å². The number of anilines is 1. The van der Waals surface area contributed by atoms with Gasteiger partial charge in [-0.3, -0.25) is 9.67 Å². The lowest BCUT2D eigenvalue weighted by molar-refractivity contribution is 0.376. The lowest BCUT2D eigenvalue weighted by Crippen LogP contribution is -2.37. The molecule has 1 atom stereocenters. The maximum atomic E-state index is 4.79. The smallest absolute Gasteiger partial charge is 0.0726 e. The molecule has 0 aliphatic carbocycles. The molecule has 1 unspecified atom stereocenters. The van der Waals surface area contributed by atoms with Gasteiger partial charge in [0.05, 0.1) is 17.8 Å². The highest BCUT2D eigenvalue weighted by atomic mass is 15.3. The van der Waals surface area contributed by atoms with E-state index < -0.39 is 0 Å². The van der Waals surface area contributed by atoms with E-state index in [1.54, 1.807) is 0 Å². The molecular weight excluding hydrogens is 296 g/mol. The fraction of sp³-hybridized carbons (Fsp3) is 0.400. The molecule has 0 radical (unpaired) electrons. The molecule has 4 rings (SSSR count). The van der Waals surface area contributed by atoms with E-state index in [4.69, 9.17) is 4.98 Å². The van der Waals surface area contributed by atoms with Crippen LogP contribution in [0, 0.1) is 6.92 Å². The molecular formula is C20H24N4. The third-order valence-electron chi connectivity index (χ3n) is 4.95. The van der Waals surface area contributed by atoms with Crippen molar-refractivity contribution in [3.8, 4) is 0 Å². The predicted molar refractivity (Wildman–Crippen MR) is 98.6 cm³/mol. The van der Waals surface area contributed by atoms with Crippen LogP contribution in [0.2, 0.25) is 0 Å². The average Bonchev–Trinajstić information content (AvgIpc) is 3.07. The number of hydrogen-bond donors (Lipinski definition) is 0. The molecule has 3 heterocycles. The monoisotopic (exact) mass is 320 g/mol. The van der Waals surface area contributed by atoms with Gasteiger partial charge in [-0.25, -0.2) is 0 Å². The van der Waals surface area contributed by atoms with E-state index in [0.29, 0.717) is 6.04 Å². The Labute approximate surface area is 143 Å². The van der Waals surface area contributed by atoms with E-state index in [-0.39, 0.29) is 0 Å². The van der Waals surface area contributed by atoms with Crippen molar-refractivity contribution in [2.45, 2.75) is 39.2 Å². The molecule has 4 nitrogen and oxygen atoms in total. The summed E-state index contributed by atoms with van der Waals surface area (Å²) in [6.07, 6.45) is 7.47. The van der Waals surface area contributed by atoms with Crippen molar-refractivity contribution in [2.75, 3.05) is 18.0 Å². The Hall–Kier alpha value is -2.36. The van der Waals surface area contributed by atoms with E-state index in [1.165, 1.54) is 35.2 Å². The van der Waals surface area contributed by atoms with Gasteiger partial charge in [-0.1, -0.05) is 25.1 Å². The molecule has 1 aromatic carbocycles. The maximum absolute atomic E-state index is 4.79. The normalized spacial score (nSPS) is 18.2. The van der Waals surface area contributed by atoms with Crippen LogP contribution in [0.3, 0.4) is 0 Å². The minimum atomic E-state index is 0.449. The molecule has 1 fully saturated rings. The number of nitrogens with zero attached hydrogens (tertiary/aromatic N) is 4. The largest absolute Gasteiger partial charge is 0.369 e. The van der Waals surface area contributed by atoms with Crippen LogP contribution in [0.15, 0.2) is 42.7 Å². The summed E-state index contributed by atoms with van der Waals surface area (Å²) in [7, 11) is 0. The number of hydrogen-bond acceptors (Lipinski definition) is 3. The fourth-order valence-corrected chi connectivity index (χ4v) is 3.68. The second kappa shape index (κ2) is 6.27. The van der Waals surface area contributed by atoms with Gasteiger partial charge in [0, 0.05) is 36.1 Å². The van der Waals surface area contributed by atoms with Gasteiger partial charge in [0.1, 0.15) is 0 Å². The summed E-state index contributed by atoms with van der Waals surface area (Å²) in [4.78, 5) is 7.31. The molecule has 1 aliphatic rings. The first kappa shape index (κ1) is 15.2. The van der Waals surface area contributed by atoms with Gasteiger partial charge in [0.25, 0.3) is 0 Å². The van der Waals surface area contributed by atoms with Gasteiger partial charge in [-0.2, -0.15) is 5.10 Å². The van der Waals surface area contributed by atoms with E-state index in [9.17, 15) is 0 Å². The van der Waals surface area contributed by atoms with Gasteiger partial charge >= 0.3 is 0 Å². The van der Waals surface area contributed by atoms with Crippen LogP contribution in [-0.2, 0) is 6.42 Å². The highest BCUT2D eigenvalue weighted by Crippen LogP contribution is 2.31. The molecule has 1 saturated heterocycles. The standard InChI is InChI=1S/C20H24N4/c1-3-16-11-20(18-8-4-5-9-19(18)22-16)23-10-6-7-17(14-23)24-13-15(2)12-21-24/h4-5,8-9,11-13,17H,3,6-7,10,14H2,1-2H3. The molecule has 124 valence electrons. The number of piperidine rings is 1. The highest BCUT2D eigenvalue weighted by molar-refractivity contribution is 5.92. The maximum Gasteiger partial charge on any atom is 0.0726 e. The van der Waals surface area contributed by atoms with Crippen LogP contribution in [0.5, 0.6) is 0 Å². The van der Waals surface area contributed by atoms with Gasteiger partial charge in [-0.05, 0) is 43.9 Å². The zero-order valence-electron chi connectivity index (χ0n) is 14.4. The molecule has 1 aliphatic heterocycles. The van der Waals surface area contributed by atoms with Crippen molar-refractivity contribution < 1.29 is 0 Å². The second-order valence-electron chi connectivity index (χ2n) is 6.74. The third-order valence-corrected chi connectivity index (χ3v) is 4.95. The van der Waals surface area contributed by atoms with E-state index >= 15 is 0 Å². The Balaban J connectivity index is 1.71. The number of pyridine rings is 1. The summed E-state index contributed by atoms with van der Waals surface area (Å²) >= 11 is 0. The van der Waals surface area contributed by atoms with Gasteiger partial charge in [0.2, 0.25) is 0 Å². The molecule has 2 aromatic heterocycles. The Morgan fingerprint density at radius 1 is 1.25 bits per heavy atom. The lowest BCUT2D eigenvalue weighted by Gasteiger charge is -2.35. The lowest BCUT2D eigenvalue weighted by atomic mass is 10.0. The third kappa shape index (κ3) is 2.77. The Bertz CT molecular complexity index is 852.